The van der Waals surface area contributed by atoms with Gasteiger partial charge in [0.2, 0.25) is 10.0 Å². The van der Waals surface area contributed by atoms with Gasteiger partial charge in [-0.25, -0.2) is 8.42 Å². The van der Waals surface area contributed by atoms with E-state index in [1.54, 1.807) is 16.4 Å². The minimum Gasteiger partial charge on any atom is -0.387 e. The molecule has 0 unspecified atom stereocenters. The first-order chi connectivity index (χ1) is 13.2. The summed E-state index contributed by atoms with van der Waals surface area (Å²) in [5.41, 5.74) is 2.00. The van der Waals surface area contributed by atoms with E-state index in [-0.39, 0.29) is 5.41 Å². The van der Waals surface area contributed by atoms with Crippen LogP contribution in [0.3, 0.4) is 0 Å². The molecule has 28 heavy (non-hydrogen) atoms. The normalized spacial score (nSPS) is 18.1. The second kappa shape index (κ2) is 8.33. The Labute approximate surface area is 168 Å². The predicted octanol–water partition coefficient (Wildman–Crippen LogP) is 3.02. The third kappa shape index (κ3) is 4.81. The topological polar surface area (TPSA) is 60.9 Å². The third-order valence-corrected chi connectivity index (χ3v) is 7.22. The summed E-state index contributed by atoms with van der Waals surface area (Å²) in [7, 11) is -3.48. The fourth-order valence-electron chi connectivity index (χ4n) is 3.45. The van der Waals surface area contributed by atoms with Crippen molar-refractivity contribution >= 4 is 10.0 Å². The molecule has 0 bridgehead atoms. The van der Waals surface area contributed by atoms with Crippen molar-refractivity contribution in [2.45, 2.75) is 37.2 Å². The van der Waals surface area contributed by atoms with Gasteiger partial charge in [0.05, 0.1) is 11.0 Å². The maximum atomic E-state index is 13.0. The van der Waals surface area contributed by atoms with Gasteiger partial charge in [-0.15, -0.1) is 0 Å². The Morgan fingerprint density at radius 1 is 0.929 bits per heavy atom. The van der Waals surface area contributed by atoms with Crippen LogP contribution in [0.2, 0.25) is 0 Å². The molecule has 0 aromatic heterocycles. The Balaban J connectivity index is 1.60. The number of rotatable bonds is 5. The molecule has 1 aliphatic heterocycles. The Morgan fingerprint density at radius 2 is 1.50 bits per heavy atom. The summed E-state index contributed by atoms with van der Waals surface area (Å²) < 4.78 is 27.5. The lowest BCUT2D eigenvalue weighted by molar-refractivity contribution is 0.0921. The number of piperazine rings is 1. The molecule has 1 saturated heterocycles. The average Bonchev–Trinajstić information content (AvgIpc) is 2.68. The van der Waals surface area contributed by atoms with Crippen LogP contribution in [0.15, 0.2) is 59.5 Å². The molecule has 0 saturated carbocycles. The quantitative estimate of drug-likeness (QED) is 0.835. The summed E-state index contributed by atoms with van der Waals surface area (Å²) >= 11 is 0. The summed E-state index contributed by atoms with van der Waals surface area (Å²) in [6.07, 6.45) is -0.561. The zero-order chi connectivity index (χ0) is 20.4. The highest BCUT2D eigenvalue weighted by molar-refractivity contribution is 7.89. The maximum Gasteiger partial charge on any atom is 0.243 e. The smallest absolute Gasteiger partial charge is 0.243 e. The summed E-state index contributed by atoms with van der Waals surface area (Å²) in [5.74, 6) is 0. The lowest BCUT2D eigenvalue weighted by Crippen LogP contribution is -2.49. The van der Waals surface area contributed by atoms with E-state index in [1.165, 1.54) is 0 Å². The number of nitrogens with zero attached hydrogens (tertiary/aromatic N) is 2. The van der Waals surface area contributed by atoms with E-state index >= 15 is 0 Å². The lowest BCUT2D eigenvalue weighted by Gasteiger charge is -2.35. The molecule has 2 aromatic carbocycles. The fourth-order valence-corrected chi connectivity index (χ4v) is 4.88. The van der Waals surface area contributed by atoms with Crippen LogP contribution in [-0.4, -0.2) is 55.5 Å². The molecule has 2 aromatic rings. The van der Waals surface area contributed by atoms with E-state index in [0.29, 0.717) is 37.6 Å². The van der Waals surface area contributed by atoms with Gasteiger partial charge < -0.3 is 5.11 Å². The van der Waals surface area contributed by atoms with E-state index in [2.05, 4.69) is 25.7 Å². The molecule has 0 spiro atoms. The number of β-amino-alcohol motifs (C(OH)–C–C–N with tert-alkyl or cyclic N) is 1. The van der Waals surface area contributed by atoms with Crippen molar-refractivity contribution in [2.75, 3.05) is 32.7 Å². The molecule has 0 amide bonds. The number of sulfonamides is 1. The molecule has 3 rings (SSSR count). The number of benzene rings is 2. The molecule has 1 N–H and O–H groups in total. The minimum atomic E-state index is -3.48. The van der Waals surface area contributed by atoms with Crippen molar-refractivity contribution < 1.29 is 13.5 Å². The predicted molar refractivity (Wildman–Crippen MR) is 112 cm³/mol. The van der Waals surface area contributed by atoms with Crippen LogP contribution < -0.4 is 0 Å². The fraction of sp³-hybridized carbons (Fsp3) is 0.455. The number of aliphatic hydroxyl groups is 1. The summed E-state index contributed by atoms with van der Waals surface area (Å²) in [6.45, 7) is 8.94. The second-order valence-electron chi connectivity index (χ2n) is 8.41. The first-order valence-electron chi connectivity index (χ1n) is 9.74. The standard InChI is InChI=1S/C22H30N2O3S/c1-22(2,3)19-9-11-20(12-10-19)28(26,27)24-15-13-23(14-16-24)17-21(25)18-7-5-4-6-8-18/h4-12,21,25H,13-17H2,1-3H3/t21-/m1/s1. The van der Waals surface area contributed by atoms with E-state index < -0.39 is 16.1 Å². The Bertz CT molecular complexity index is 866. The maximum absolute atomic E-state index is 13.0. The van der Waals surface area contributed by atoms with E-state index in [1.807, 2.05) is 42.5 Å². The number of hydrogen-bond acceptors (Lipinski definition) is 4. The van der Waals surface area contributed by atoms with Gasteiger partial charge in [-0.3, -0.25) is 4.90 Å². The van der Waals surface area contributed by atoms with Gasteiger partial charge in [0.15, 0.2) is 0 Å². The molecule has 6 heteroatoms. The van der Waals surface area contributed by atoms with Crippen molar-refractivity contribution in [2.24, 2.45) is 0 Å². The van der Waals surface area contributed by atoms with Crippen molar-refractivity contribution in [3.63, 3.8) is 0 Å². The van der Waals surface area contributed by atoms with Gasteiger partial charge in [0, 0.05) is 32.7 Å². The van der Waals surface area contributed by atoms with Gasteiger partial charge in [-0.2, -0.15) is 4.31 Å². The summed E-state index contributed by atoms with van der Waals surface area (Å²) in [5, 5.41) is 10.4. The average molecular weight is 403 g/mol. The molecule has 1 fully saturated rings. The zero-order valence-corrected chi connectivity index (χ0v) is 17.7. The molecule has 1 aliphatic rings. The lowest BCUT2D eigenvalue weighted by atomic mass is 9.87. The van der Waals surface area contributed by atoms with E-state index in [9.17, 15) is 13.5 Å². The van der Waals surface area contributed by atoms with Crippen molar-refractivity contribution in [1.82, 2.24) is 9.21 Å². The van der Waals surface area contributed by atoms with Gasteiger partial charge in [0.1, 0.15) is 0 Å². The Morgan fingerprint density at radius 3 is 2.04 bits per heavy atom. The SMILES string of the molecule is CC(C)(C)c1ccc(S(=O)(=O)N2CCN(C[C@@H](O)c3ccccc3)CC2)cc1. The van der Waals surface area contributed by atoms with Crippen LogP contribution >= 0.6 is 0 Å². The third-order valence-electron chi connectivity index (χ3n) is 5.30. The van der Waals surface area contributed by atoms with Crippen molar-refractivity contribution in [1.29, 1.82) is 0 Å². The first kappa shape index (κ1) is 21.0. The molecular weight excluding hydrogens is 372 g/mol. The van der Waals surface area contributed by atoms with Crippen LogP contribution in [0.5, 0.6) is 0 Å². The highest BCUT2D eigenvalue weighted by atomic mass is 32.2. The summed E-state index contributed by atoms with van der Waals surface area (Å²) in [6, 6.07) is 16.8. The minimum absolute atomic E-state index is 0.00644. The van der Waals surface area contributed by atoms with Gasteiger partial charge >= 0.3 is 0 Å². The van der Waals surface area contributed by atoms with E-state index in [0.717, 1.165) is 11.1 Å². The van der Waals surface area contributed by atoms with Gasteiger partial charge in [-0.05, 0) is 28.7 Å². The van der Waals surface area contributed by atoms with Crippen molar-refractivity contribution in [3.05, 3.63) is 65.7 Å². The van der Waals surface area contributed by atoms with Crippen LogP contribution in [0.1, 0.15) is 38.0 Å². The second-order valence-corrected chi connectivity index (χ2v) is 10.3. The Kier molecular flexibility index (Phi) is 6.25. The van der Waals surface area contributed by atoms with Gasteiger partial charge in [0.25, 0.3) is 0 Å². The van der Waals surface area contributed by atoms with Crippen LogP contribution in [0.25, 0.3) is 0 Å². The summed E-state index contributed by atoms with van der Waals surface area (Å²) in [4.78, 5) is 2.46. The number of aliphatic hydroxyl groups excluding tert-OH is 1. The molecule has 5 nitrogen and oxygen atoms in total. The number of hydrogen-bond donors (Lipinski definition) is 1. The molecule has 0 aliphatic carbocycles. The molecule has 1 atom stereocenters. The van der Waals surface area contributed by atoms with Gasteiger partial charge in [-0.1, -0.05) is 63.2 Å². The highest BCUT2D eigenvalue weighted by Gasteiger charge is 2.29. The van der Waals surface area contributed by atoms with Crippen molar-refractivity contribution in [3.8, 4) is 0 Å². The monoisotopic (exact) mass is 402 g/mol. The van der Waals surface area contributed by atoms with Crippen LogP contribution in [0.4, 0.5) is 0 Å². The largest absolute Gasteiger partial charge is 0.387 e. The first-order valence-corrected chi connectivity index (χ1v) is 11.2. The van der Waals surface area contributed by atoms with Crippen LogP contribution in [-0.2, 0) is 15.4 Å². The molecule has 0 radical (unpaired) electrons. The molecular formula is C22H30N2O3S. The van der Waals surface area contributed by atoms with E-state index in [4.69, 9.17) is 0 Å². The zero-order valence-electron chi connectivity index (χ0n) is 16.9. The van der Waals surface area contributed by atoms with Crippen LogP contribution in [0, 0.1) is 0 Å². The highest BCUT2D eigenvalue weighted by Crippen LogP contribution is 2.25. The Hall–Kier alpha value is -1.73. The molecule has 1 heterocycles. The molecule has 152 valence electrons.